The number of nitrogens with zero attached hydrogens (tertiary/aromatic N) is 1. The molecule has 27 heavy (non-hydrogen) atoms. The van der Waals surface area contributed by atoms with Crippen LogP contribution in [0.2, 0.25) is 0 Å². The molecule has 5 amide bonds. The minimum atomic E-state index is -0.890. The monoisotopic (exact) mass is 381 g/mol. The molecule has 2 heterocycles. The van der Waals surface area contributed by atoms with Gasteiger partial charge in [0, 0.05) is 6.54 Å². The van der Waals surface area contributed by atoms with Gasteiger partial charge in [-0.25, -0.2) is 0 Å². The first-order valence-electron chi connectivity index (χ1n) is 9.13. The second-order valence-corrected chi connectivity index (χ2v) is 7.11. The molecule has 4 N–H and O–H groups in total. The van der Waals surface area contributed by atoms with Gasteiger partial charge in [0.25, 0.3) is 0 Å². The fourth-order valence-corrected chi connectivity index (χ4v) is 3.13. The molecule has 2 fully saturated rings. The Morgan fingerprint density at radius 1 is 0.667 bits per heavy atom. The molecule has 150 valence electrons. The van der Waals surface area contributed by atoms with Gasteiger partial charge in [-0.15, -0.1) is 0 Å². The summed E-state index contributed by atoms with van der Waals surface area (Å²) in [6.07, 6.45) is 1.15. The van der Waals surface area contributed by atoms with E-state index < -0.39 is 53.8 Å². The Hall–Kier alpha value is -2.65. The van der Waals surface area contributed by atoms with Crippen LogP contribution in [-0.2, 0) is 24.0 Å². The standard InChI is InChI=1S/C17H27N5O5/c1-8-13(23)19-9(2)15(25)21-11(4)17(27)22-7-5-6-12(22)16(26)20-10(3)14(24)18-8/h8-12H,5-7H2,1-4H3,(H,18,24)(H,19,23)(H,20,26)(H,21,25)/t8-,9-,10-,11-,12+/m0/s1. The van der Waals surface area contributed by atoms with E-state index in [9.17, 15) is 24.0 Å². The average molecular weight is 381 g/mol. The van der Waals surface area contributed by atoms with Crippen LogP contribution < -0.4 is 21.3 Å². The van der Waals surface area contributed by atoms with Gasteiger partial charge in [-0.2, -0.15) is 0 Å². The van der Waals surface area contributed by atoms with E-state index in [0.717, 1.165) is 0 Å². The quantitative estimate of drug-likeness (QED) is 0.385. The highest BCUT2D eigenvalue weighted by Crippen LogP contribution is 2.19. The van der Waals surface area contributed by atoms with Crippen LogP contribution in [0.15, 0.2) is 0 Å². The van der Waals surface area contributed by atoms with E-state index >= 15 is 0 Å². The number of amides is 5. The lowest BCUT2D eigenvalue weighted by Crippen LogP contribution is -2.55. The molecule has 0 aromatic rings. The molecule has 0 radical (unpaired) electrons. The van der Waals surface area contributed by atoms with Crippen molar-refractivity contribution in [3.63, 3.8) is 0 Å². The average Bonchev–Trinajstić information content (AvgIpc) is 3.09. The smallest absolute Gasteiger partial charge is 0.245 e. The molecule has 0 aromatic carbocycles. The minimum absolute atomic E-state index is 0.375. The van der Waals surface area contributed by atoms with E-state index in [-0.39, 0.29) is 5.91 Å². The number of carbonyl (C=O) groups excluding carboxylic acids is 5. The number of fused-ring (bicyclic) bond motifs is 1. The second kappa shape index (κ2) is 8.36. The van der Waals surface area contributed by atoms with Crippen LogP contribution in [0, 0.1) is 0 Å². The highest BCUT2D eigenvalue weighted by atomic mass is 16.2. The number of rotatable bonds is 0. The van der Waals surface area contributed by atoms with E-state index in [4.69, 9.17) is 0 Å². The number of nitrogens with one attached hydrogen (secondary N) is 4. The fourth-order valence-electron chi connectivity index (χ4n) is 3.13. The molecule has 2 aliphatic rings. The molecular formula is C17H27N5O5. The fraction of sp³-hybridized carbons (Fsp3) is 0.706. The Kier molecular flexibility index (Phi) is 6.40. The van der Waals surface area contributed by atoms with Gasteiger partial charge in [-0.1, -0.05) is 0 Å². The molecule has 0 saturated carbocycles. The molecule has 5 atom stereocenters. The highest BCUT2D eigenvalue weighted by Gasteiger charge is 2.38. The summed E-state index contributed by atoms with van der Waals surface area (Å²) in [7, 11) is 0. The zero-order valence-corrected chi connectivity index (χ0v) is 16.0. The van der Waals surface area contributed by atoms with Gasteiger partial charge >= 0.3 is 0 Å². The highest BCUT2D eigenvalue weighted by molar-refractivity contribution is 5.97. The Balaban J connectivity index is 2.27. The van der Waals surface area contributed by atoms with Crippen LogP contribution in [0.3, 0.4) is 0 Å². The van der Waals surface area contributed by atoms with Crippen LogP contribution in [0.4, 0.5) is 0 Å². The van der Waals surface area contributed by atoms with Gasteiger partial charge in [-0.3, -0.25) is 24.0 Å². The van der Waals surface area contributed by atoms with Gasteiger partial charge in [0.05, 0.1) is 0 Å². The van der Waals surface area contributed by atoms with Crippen molar-refractivity contribution in [3.05, 3.63) is 0 Å². The Morgan fingerprint density at radius 2 is 1.07 bits per heavy atom. The summed E-state index contributed by atoms with van der Waals surface area (Å²) < 4.78 is 0. The lowest BCUT2D eigenvalue weighted by molar-refractivity contribution is -0.141. The summed E-state index contributed by atoms with van der Waals surface area (Å²) in [4.78, 5) is 63.3. The predicted molar refractivity (Wildman–Crippen MR) is 95.2 cm³/mol. The number of hydrogen-bond acceptors (Lipinski definition) is 5. The number of hydrogen-bond donors (Lipinski definition) is 4. The zero-order valence-electron chi connectivity index (χ0n) is 16.0. The minimum Gasteiger partial charge on any atom is -0.343 e. The van der Waals surface area contributed by atoms with Gasteiger partial charge in [0.2, 0.25) is 29.5 Å². The summed E-state index contributed by atoms with van der Waals surface area (Å²) in [6, 6.07) is -4.18. The molecule has 0 spiro atoms. The third-order valence-electron chi connectivity index (χ3n) is 4.82. The van der Waals surface area contributed by atoms with Crippen molar-refractivity contribution in [2.24, 2.45) is 0 Å². The van der Waals surface area contributed by atoms with Crippen LogP contribution >= 0.6 is 0 Å². The van der Waals surface area contributed by atoms with Crippen molar-refractivity contribution in [2.45, 2.75) is 70.7 Å². The third kappa shape index (κ3) is 4.75. The molecular weight excluding hydrogens is 354 g/mol. The Morgan fingerprint density at radius 3 is 1.56 bits per heavy atom. The van der Waals surface area contributed by atoms with Crippen LogP contribution in [0.5, 0.6) is 0 Å². The molecule has 2 saturated heterocycles. The van der Waals surface area contributed by atoms with Crippen molar-refractivity contribution in [1.82, 2.24) is 26.2 Å². The van der Waals surface area contributed by atoms with Crippen molar-refractivity contribution in [3.8, 4) is 0 Å². The van der Waals surface area contributed by atoms with Gasteiger partial charge < -0.3 is 26.2 Å². The molecule has 10 heteroatoms. The van der Waals surface area contributed by atoms with E-state index in [1.54, 1.807) is 0 Å². The first-order valence-corrected chi connectivity index (χ1v) is 9.13. The molecule has 0 aliphatic carbocycles. The van der Waals surface area contributed by atoms with E-state index in [1.165, 1.54) is 32.6 Å². The summed E-state index contributed by atoms with van der Waals surface area (Å²) in [6.45, 7) is 6.42. The lowest BCUT2D eigenvalue weighted by Gasteiger charge is -2.28. The number of carbonyl (C=O) groups is 5. The van der Waals surface area contributed by atoms with E-state index in [0.29, 0.717) is 19.4 Å². The first-order chi connectivity index (χ1) is 12.6. The first kappa shape index (κ1) is 20.7. The van der Waals surface area contributed by atoms with Crippen molar-refractivity contribution in [2.75, 3.05) is 6.54 Å². The van der Waals surface area contributed by atoms with Crippen LogP contribution in [0.25, 0.3) is 0 Å². The van der Waals surface area contributed by atoms with E-state index in [1.807, 2.05) is 0 Å². The topological polar surface area (TPSA) is 137 Å². The Bertz CT molecular complexity index is 652. The van der Waals surface area contributed by atoms with Gasteiger partial charge in [0.1, 0.15) is 30.2 Å². The third-order valence-corrected chi connectivity index (χ3v) is 4.82. The molecule has 2 aliphatic heterocycles. The Labute approximate surface area is 157 Å². The van der Waals surface area contributed by atoms with Gasteiger partial charge in [-0.05, 0) is 40.5 Å². The maximum absolute atomic E-state index is 12.7. The summed E-state index contributed by atoms with van der Waals surface area (Å²) in [5.41, 5.74) is 0. The molecule has 10 nitrogen and oxygen atoms in total. The van der Waals surface area contributed by atoms with Crippen LogP contribution in [0.1, 0.15) is 40.5 Å². The van der Waals surface area contributed by atoms with Crippen molar-refractivity contribution >= 4 is 29.5 Å². The van der Waals surface area contributed by atoms with E-state index in [2.05, 4.69) is 21.3 Å². The normalized spacial score (nSPS) is 33.9. The molecule has 0 aromatic heterocycles. The van der Waals surface area contributed by atoms with Crippen molar-refractivity contribution < 1.29 is 24.0 Å². The molecule has 0 unspecified atom stereocenters. The lowest BCUT2D eigenvalue weighted by atomic mass is 10.1. The van der Waals surface area contributed by atoms with Crippen LogP contribution in [-0.4, -0.2) is 71.2 Å². The zero-order chi connectivity index (χ0) is 20.3. The van der Waals surface area contributed by atoms with Crippen molar-refractivity contribution in [1.29, 1.82) is 0 Å². The summed E-state index contributed by atoms with van der Waals surface area (Å²) in [5.74, 6) is -2.39. The summed E-state index contributed by atoms with van der Waals surface area (Å²) >= 11 is 0. The largest absolute Gasteiger partial charge is 0.343 e. The SMILES string of the molecule is C[C@@H]1NC(=O)[C@H](C)NC(=O)[C@H]2CCCN2C(=O)[C@H](C)NC(=O)[C@H](C)NC1=O. The maximum atomic E-state index is 12.7. The molecule has 2 rings (SSSR count). The predicted octanol–water partition coefficient (Wildman–Crippen LogP) is -1.99. The maximum Gasteiger partial charge on any atom is 0.245 e. The van der Waals surface area contributed by atoms with Gasteiger partial charge in [0.15, 0.2) is 0 Å². The molecule has 0 bridgehead atoms. The second-order valence-electron chi connectivity index (χ2n) is 7.11. The summed E-state index contributed by atoms with van der Waals surface area (Å²) in [5, 5.41) is 10.2.